The molecule has 0 saturated carbocycles. The average molecular weight is 398 g/mol. The molecule has 0 bridgehead atoms. The van der Waals surface area contributed by atoms with E-state index in [1.807, 2.05) is 30.3 Å². The predicted molar refractivity (Wildman–Crippen MR) is 111 cm³/mol. The molecular formula is C20H22N4O3S. The molecule has 4 N–H and O–H groups in total. The summed E-state index contributed by atoms with van der Waals surface area (Å²) in [4.78, 5) is 35.7. The number of rotatable bonds is 5. The van der Waals surface area contributed by atoms with Crippen molar-refractivity contribution in [2.45, 2.75) is 20.3 Å². The molecule has 28 heavy (non-hydrogen) atoms. The van der Waals surface area contributed by atoms with Crippen molar-refractivity contribution in [2.75, 3.05) is 5.32 Å². The van der Waals surface area contributed by atoms with E-state index in [2.05, 4.69) is 21.5 Å². The highest BCUT2D eigenvalue weighted by atomic mass is 32.1. The zero-order valence-corrected chi connectivity index (χ0v) is 16.4. The lowest BCUT2D eigenvalue weighted by atomic mass is 10.1. The fourth-order valence-electron chi connectivity index (χ4n) is 2.16. The highest BCUT2D eigenvalue weighted by molar-refractivity contribution is 7.80. The number of benzene rings is 2. The van der Waals surface area contributed by atoms with Crippen LogP contribution in [0.15, 0.2) is 54.6 Å². The molecule has 0 atom stereocenters. The molecule has 2 aromatic carbocycles. The third kappa shape index (κ3) is 6.81. The van der Waals surface area contributed by atoms with Crippen LogP contribution in [-0.2, 0) is 16.0 Å². The van der Waals surface area contributed by atoms with Crippen LogP contribution in [0.5, 0.6) is 0 Å². The first-order chi connectivity index (χ1) is 13.3. The first-order valence-corrected chi connectivity index (χ1v) is 9.11. The topological polar surface area (TPSA) is 99.3 Å². The normalized spacial score (nSPS) is 10.1. The lowest BCUT2D eigenvalue weighted by molar-refractivity contribution is -0.119. The molecule has 0 fully saturated rings. The Kier molecular flexibility index (Phi) is 7.65. The van der Waals surface area contributed by atoms with Crippen molar-refractivity contribution in [1.29, 1.82) is 0 Å². The van der Waals surface area contributed by atoms with Crippen LogP contribution in [0, 0.1) is 5.92 Å². The van der Waals surface area contributed by atoms with Crippen LogP contribution in [0.2, 0.25) is 0 Å². The third-order valence-electron chi connectivity index (χ3n) is 3.69. The van der Waals surface area contributed by atoms with Gasteiger partial charge in [-0.3, -0.25) is 25.2 Å². The quantitative estimate of drug-likeness (QED) is 0.457. The van der Waals surface area contributed by atoms with E-state index in [0.717, 1.165) is 5.56 Å². The van der Waals surface area contributed by atoms with Gasteiger partial charge in [0.15, 0.2) is 5.11 Å². The molecule has 0 aliphatic heterocycles. The van der Waals surface area contributed by atoms with Gasteiger partial charge in [-0.1, -0.05) is 44.2 Å². The number of anilines is 1. The highest BCUT2D eigenvalue weighted by Gasteiger charge is 2.10. The lowest BCUT2D eigenvalue weighted by Gasteiger charge is -2.11. The Bertz CT molecular complexity index is 852. The molecule has 3 amide bonds. The van der Waals surface area contributed by atoms with Gasteiger partial charge in [-0.15, -0.1) is 0 Å². The second kappa shape index (κ2) is 10.2. The number of carbonyl (C=O) groups is 3. The summed E-state index contributed by atoms with van der Waals surface area (Å²) in [6.07, 6.45) is 0.181. The molecule has 0 aliphatic carbocycles. The van der Waals surface area contributed by atoms with Crippen molar-refractivity contribution in [3.8, 4) is 0 Å². The maximum Gasteiger partial charge on any atom is 0.269 e. The van der Waals surface area contributed by atoms with Gasteiger partial charge in [-0.05, 0) is 42.0 Å². The number of amides is 3. The largest absolute Gasteiger partial charge is 0.326 e. The minimum absolute atomic E-state index is 0.00454. The zero-order valence-electron chi connectivity index (χ0n) is 15.6. The standard InChI is InChI=1S/C20H22N4O3S/c1-13(2)18(26)21-16-10-8-15(9-11-16)19(27)23-24-20(28)22-17(25)12-14-6-4-3-5-7-14/h3-11,13H,12H2,1-2H3,(H,21,26)(H,23,27)(H2,22,24,25,28). The average Bonchev–Trinajstić information content (AvgIpc) is 2.67. The van der Waals surface area contributed by atoms with Gasteiger partial charge in [0, 0.05) is 17.2 Å². The summed E-state index contributed by atoms with van der Waals surface area (Å²) in [6.45, 7) is 3.59. The van der Waals surface area contributed by atoms with Crippen LogP contribution >= 0.6 is 12.2 Å². The van der Waals surface area contributed by atoms with Crippen LogP contribution in [0.3, 0.4) is 0 Å². The van der Waals surface area contributed by atoms with E-state index < -0.39 is 5.91 Å². The summed E-state index contributed by atoms with van der Waals surface area (Å²) in [7, 11) is 0. The number of thiocarbonyl (C=S) groups is 1. The second-order valence-corrected chi connectivity index (χ2v) is 6.75. The van der Waals surface area contributed by atoms with Crippen molar-refractivity contribution in [1.82, 2.24) is 16.2 Å². The summed E-state index contributed by atoms with van der Waals surface area (Å²) in [5.74, 6) is -0.953. The van der Waals surface area contributed by atoms with Gasteiger partial charge in [0.2, 0.25) is 11.8 Å². The van der Waals surface area contributed by atoms with Crippen LogP contribution in [0.1, 0.15) is 29.8 Å². The van der Waals surface area contributed by atoms with Crippen molar-refractivity contribution >= 4 is 40.7 Å². The number of nitrogens with one attached hydrogen (secondary N) is 4. The molecule has 0 saturated heterocycles. The van der Waals surface area contributed by atoms with E-state index in [0.29, 0.717) is 11.3 Å². The Hall–Kier alpha value is -3.26. The minimum atomic E-state index is -0.429. The van der Waals surface area contributed by atoms with Gasteiger partial charge in [-0.25, -0.2) is 0 Å². The number of hydrogen-bond acceptors (Lipinski definition) is 4. The highest BCUT2D eigenvalue weighted by Crippen LogP contribution is 2.10. The van der Waals surface area contributed by atoms with E-state index in [1.165, 1.54) is 0 Å². The van der Waals surface area contributed by atoms with Crippen molar-refractivity contribution in [3.63, 3.8) is 0 Å². The molecule has 2 aromatic rings. The Morgan fingerprint density at radius 1 is 0.929 bits per heavy atom. The zero-order chi connectivity index (χ0) is 20.5. The maximum atomic E-state index is 12.1. The van der Waals surface area contributed by atoms with E-state index in [-0.39, 0.29) is 29.3 Å². The Labute approximate surface area is 168 Å². The van der Waals surface area contributed by atoms with E-state index in [4.69, 9.17) is 12.2 Å². The van der Waals surface area contributed by atoms with Crippen LogP contribution in [-0.4, -0.2) is 22.8 Å². The van der Waals surface area contributed by atoms with Gasteiger partial charge < -0.3 is 10.6 Å². The molecule has 146 valence electrons. The molecule has 0 aromatic heterocycles. The molecule has 0 spiro atoms. The van der Waals surface area contributed by atoms with Crippen LogP contribution in [0.25, 0.3) is 0 Å². The van der Waals surface area contributed by atoms with E-state index in [9.17, 15) is 14.4 Å². The Morgan fingerprint density at radius 3 is 2.18 bits per heavy atom. The molecule has 0 unspecified atom stereocenters. The monoisotopic (exact) mass is 398 g/mol. The number of hydrazine groups is 1. The van der Waals surface area contributed by atoms with Crippen LogP contribution < -0.4 is 21.5 Å². The van der Waals surface area contributed by atoms with Gasteiger partial charge in [-0.2, -0.15) is 0 Å². The fourth-order valence-corrected chi connectivity index (χ4v) is 2.33. The fraction of sp³-hybridized carbons (Fsp3) is 0.200. The van der Waals surface area contributed by atoms with Crippen molar-refractivity contribution < 1.29 is 14.4 Å². The number of hydrogen-bond donors (Lipinski definition) is 4. The van der Waals surface area contributed by atoms with Gasteiger partial charge in [0.25, 0.3) is 5.91 Å². The van der Waals surface area contributed by atoms with Crippen LogP contribution in [0.4, 0.5) is 5.69 Å². The molecule has 7 nitrogen and oxygen atoms in total. The summed E-state index contributed by atoms with van der Waals surface area (Å²) in [6, 6.07) is 15.7. The Balaban J connectivity index is 1.78. The Morgan fingerprint density at radius 2 is 1.57 bits per heavy atom. The molecule has 0 radical (unpaired) electrons. The SMILES string of the molecule is CC(C)C(=O)Nc1ccc(C(=O)NNC(=S)NC(=O)Cc2ccccc2)cc1. The molecule has 8 heteroatoms. The second-order valence-electron chi connectivity index (χ2n) is 6.34. The van der Waals surface area contributed by atoms with Gasteiger partial charge >= 0.3 is 0 Å². The summed E-state index contributed by atoms with van der Waals surface area (Å²) < 4.78 is 0. The molecule has 0 aliphatic rings. The van der Waals surface area contributed by atoms with E-state index in [1.54, 1.807) is 38.1 Å². The maximum absolute atomic E-state index is 12.1. The van der Waals surface area contributed by atoms with Gasteiger partial charge in [0.05, 0.1) is 6.42 Å². The third-order valence-corrected chi connectivity index (χ3v) is 3.89. The molecular weight excluding hydrogens is 376 g/mol. The van der Waals surface area contributed by atoms with Crippen molar-refractivity contribution in [3.05, 3.63) is 65.7 Å². The summed E-state index contributed by atoms with van der Waals surface area (Å²) >= 11 is 5.00. The van der Waals surface area contributed by atoms with Gasteiger partial charge in [0.1, 0.15) is 0 Å². The summed E-state index contributed by atoms with van der Waals surface area (Å²) in [5.41, 5.74) is 6.73. The first kappa shape index (κ1) is 21.0. The predicted octanol–water partition coefficient (Wildman–Crippen LogP) is 2.16. The molecule has 0 heterocycles. The minimum Gasteiger partial charge on any atom is -0.326 e. The van der Waals surface area contributed by atoms with E-state index >= 15 is 0 Å². The summed E-state index contributed by atoms with van der Waals surface area (Å²) in [5, 5.41) is 5.24. The smallest absolute Gasteiger partial charge is 0.269 e. The number of carbonyl (C=O) groups excluding carboxylic acids is 3. The first-order valence-electron chi connectivity index (χ1n) is 8.70. The lowest BCUT2D eigenvalue weighted by Crippen LogP contribution is -2.48. The van der Waals surface area contributed by atoms with Crippen molar-refractivity contribution in [2.24, 2.45) is 5.92 Å². The molecule has 2 rings (SSSR count).